The van der Waals surface area contributed by atoms with Gasteiger partial charge in [0.2, 0.25) is 0 Å². The first kappa shape index (κ1) is 6.83. The Morgan fingerprint density at radius 3 is 2.45 bits per heavy atom. The van der Waals surface area contributed by atoms with Gasteiger partial charge in [-0.05, 0) is 5.56 Å². The van der Waals surface area contributed by atoms with Crippen molar-refractivity contribution in [3.05, 3.63) is 35.9 Å². The van der Waals surface area contributed by atoms with Gasteiger partial charge in [0, 0.05) is 0 Å². The standard InChI is InChI=1S/C9H10O2/c10-8-6-11-9(8)7-4-2-1-3-5-7/h1-5,8-10H,6H2. The van der Waals surface area contributed by atoms with E-state index >= 15 is 0 Å². The SMILES string of the molecule is OC1COC1c1ccccc1. The highest BCUT2D eigenvalue weighted by Crippen LogP contribution is 2.29. The number of benzene rings is 1. The van der Waals surface area contributed by atoms with Crippen molar-refractivity contribution in [3.8, 4) is 0 Å². The second-order valence-corrected chi connectivity index (χ2v) is 2.73. The highest BCUT2D eigenvalue weighted by Gasteiger charge is 2.30. The third kappa shape index (κ3) is 1.15. The highest BCUT2D eigenvalue weighted by atomic mass is 16.5. The first-order valence-electron chi connectivity index (χ1n) is 3.72. The summed E-state index contributed by atoms with van der Waals surface area (Å²) >= 11 is 0. The van der Waals surface area contributed by atoms with Crippen LogP contribution in [0, 0.1) is 0 Å². The number of aliphatic hydroxyl groups is 1. The molecule has 0 aromatic heterocycles. The van der Waals surface area contributed by atoms with Crippen LogP contribution in [0.15, 0.2) is 30.3 Å². The van der Waals surface area contributed by atoms with Crippen LogP contribution in [-0.2, 0) is 4.74 Å². The topological polar surface area (TPSA) is 29.5 Å². The van der Waals surface area contributed by atoms with E-state index in [1.165, 1.54) is 0 Å². The Hall–Kier alpha value is -0.860. The van der Waals surface area contributed by atoms with E-state index in [2.05, 4.69) is 0 Å². The summed E-state index contributed by atoms with van der Waals surface area (Å²) in [4.78, 5) is 0. The van der Waals surface area contributed by atoms with Gasteiger partial charge in [0.1, 0.15) is 12.2 Å². The molecule has 2 rings (SSSR count). The summed E-state index contributed by atoms with van der Waals surface area (Å²) < 4.78 is 5.18. The third-order valence-corrected chi connectivity index (χ3v) is 1.92. The number of ether oxygens (including phenoxy) is 1. The van der Waals surface area contributed by atoms with Crippen LogP contribution in [0.5, 0.6) is 0 Å². The van der Waals surface area contributed by atoms with Crippen LogP contribution in [0.3, 0.4) is 0 Å². The van der Waals surface area contributed by atoms with Crippen LogP contribution in [0.2, 0.25) is 0 Å². The van der Waals surface area contributed by atoms with E-state index in [4.69, 9.17) is 4.74 Å². The quantitative estimate of drug-likeness (QED) is 0.650. The van der Waals surface area contributed by atoms with Crippen molar-refractivity contribution < 1.29 is 9.84 Å². The van der Waals surface area contributed by atoms with Gasteiger partial charge in [-0.3, -0.25) is 0 Å². The molecule has 2 nitrogen and oxygen atoms in total. The molecule has 1 fully saturated rings. The molecule has 1 aliphatic heterocycles. The van der Waals surface area contributed by atoms with Crippen molar-refractivity contribution in [1.29, 1.82) is 0 Å². The fourth-order valence-electron chi connectivity index (χ4n) is 1.24. The molecule has 1 heterocycles. The summed E-state index contributed by atoms with van der Waals surface area (Å²) in [6.45, 7) is 0.472. The smallest absolute Gasteiger partial charge is 0.111 e. The molecule has 0 bridgehead atoms. The van der Waals surface area contributed by atoms with Crippen LogP contribution in [-0.4, -0.2) is 17.8 Å². The van der Waals surface area contributed by atoms with Crippen molar-refractivity contribution in [2.24, 2.45) is 0 Å². The van der Waals surface area contributed by atoms with Crippen LogP contribution in [0.1, 0.15) is 11.7 Å². The Balaban J connectivity index is 2.17. The van der Waals surface area contributed by atoms with Crippen molar-refractivity contribution in [2.75, 3.05) is 6.61 Å². The lowest BCUT2D eigenvalue weighted by Gasteiger charge is -2.32. The van der Waals surface area contributed by atoms with Crippen molar-refractivity contribution >= 4 is 0 Å². The molecule has 1 aromatic carbocycles. The Bertz CT molecular complexity index is 233. The third-order valence-electron chi connectivity index (χ3n) is 1.92. The minimum Gasteiger partial charge on any atom is -0.388 e. The number of rotatable bonds is 1. The van der Waals surface area contributed by atoms with Gasteiger partial charge in [-0.25, -0.2) is 0 Å². The lowest BCUT2D eigenvalue weighted by Crippen LogP contribution is -2.37. The lowest BCUT2D eigenvalue weighted by atomic mass is 10.0. The van der Waals surface area contributed by atoms with Crippen molar-refractivity contribution in [1.82, 2.24) is 0 Å². The van der Waals surface area contributed by atoms with E-state index in [0.717, 1.165) is 5.56 Å². The number of hydrogen-bond acceptors (Lipinski definition) is 2. The second kappa shape index (κ2) is 2.64. The number of aliphatic hydroxyl groups excluding tert-OH is 1. The van der Waals surface area contributed by atoms with Gasteiger partial charge in [-0.15, -0.1) is 0 Å². The summed E-state index contributed by atoms with van der Waals surface area (Å²) in [5.74, 6) is 0. The fraction of sp³-hybridized carbons (Fsp3) is 0.333. The fourth-order valence-corrected chi connectivity index (χ4v) is 1.24. The van der Waals surface area contributed by atoms with E-state index in [9.17, 15) is 5.11 Å². The molecule has 11 heavy (non-hydrogen) atoms. The van der Waals surface area contributed by atoms with E-state index in [0.29, 0.717) is 6.61 Å². The molecule has 0 saturated carbocycles. The molecular formula is C9H10O2. The summed E-state index contributed by atoms with van der Waals surface area (Å²) in [6, 6.07) is 9.78. The van der Waals surface area contributed by atoms with Gasteiger partial charge in [0.25, 0.3) is 0 Å². The first-order valence-corrected chi connectivity index (χ1v) is 3.72. The van der Waals surface area contributed by atoms with E-state index in [-0.39, 0.29) is 12.2 Å². The maximum absolute atomic E-state index is 9.24. The molecule has 1 saturated heterocycles. The minimum absolute atomic E-state index is 0.0869. The molecule has 0 spiro atoms. The molecule has 1 aliphatic rings. The predicted octanol–water partition coefficient (Wildman–Crippen LogP) is 1.12. The largest absolute Gasteiger partial charge is 0.388 e. The molecule has 2 atom stereocenters. The monoisotopic (exact) mass is 150 g/mol. The molecule has 2 unspecified atom stereocenters. The lowest BCUT2D eigenvalue weighted by molar-refractivity contribution is -0.165. The molecule has 0 aliphatic carbocycles. The van der Waals surface area contributed by atoms with Crippen LogP contribution in [0.25, 0.3) is 0 Å². The predicted molar refractivity (Wildman–Crippen MR) is 41.1 cm³/mol. The van der Waals surface area contributed by atoms with Crippen LogP contribution >= 0.6 is 0 Å². The van der Waals surface area contributed by atoms with Crippen molar-refractivity contribution in [2.45, 2.75) is 12.2 Å². The molecule has 0 radical (unpaired) electrons. The normalized spacial score (nSPS) is 29.5. The Kier molecular flexibility index (Phi) is 1.64. The van der Waals surface area contributed by atoms with Crippen LogP contribution in [0.4, 0.5) is 0 Å². The molecule has 58 valence electrons. The van der Waals surface area contributed by atoms with Gasteiger partial charge >= 0.3 is 0 Å². The van der Waals surface area contributed by atoms with Gasteiger partial charge in [-0.1, -0.05) is 30.3 Å². The number of hydrogen-bond donors (Lipinski definition) is 1. The Morgan fingerprint density at radius 2 is 2.00 bits per heavy atom. The van der Waals surface area contributed by atoms with Gasteiger partial charge in [0.05, 0.1) is 6.61 Å². The van der Waals surface area contributed by atoms with Gasteiger partial charge < -0.3 is 9.84 Å². The first-order chi connectivity index (χ1) is 5.38. The van der Waals surface area contributed by atoms with Crippen molar-refractivity contribution in [3.63, 3.8) is 0 Å². The Labute approximate surface area is 65.4 Å². The van der Waals surface area contributed by atoms with Gasteiger partial charge in [0.15, 0.2) is 0 Å². The summed E-state index contributed by atoms with van der Waals surface area (Å²) in [6.07, 6.45) is -0.395. The highest BCUT2D eigenvalue weighted by molar-refractivity contribution is 5.20. The molecule has 1 N–H and O–H groups in total. The zero-order valence-corrected chi connectivity index (χ0v) is 6.10. The zero-order valence-electron chi connectivity index (χ0n) is 6.10. The van der Waals surface area contributed by atoms with Crippen LogP contribution < -0.4 is 0 Å². The molecule has 2 heteroatoms. The summed E-state index contributed by atoms with van der Waals surface area (Å²) in [7, 11) is 0. The zero-order chi connectivity index (χ0) is 7.68. The minimum atomic E-state index is -0.308. The maximum atomic E-state index is 9.24. The second-order valence-electron chi connectivity index (χ2n) is 2.73. The van der Waals surface area contributed by atoms with E-state index in [1.807, 2.05) is 30.3 Å². The average Bonchev–Trinajstić information content (AvgIpc) is 2.04. The average molecular weight is 150 g/mol. The maximum Gasteiger partial charge on any atom is 0.111 e. The van der Waals surface area contributed by atoms with Gasteiger partial charge in [-0.2, -0.15) is 0 Å². The molecule has 1 aromatic rings. The van der Waals surface area contributed by atoms with E-state index < -0.39 is 0 Å². The summed E-state index contributed by atoms with van der Waals surface area (Å²) in [5.41, 5.74) is 1.06. The summed E-state index contributed by atoms with van der Waals surface area (Å²) in [5, 5.41) is 9.24. The molecular weight excluding hydrogens is 140 g/mol. The van der Waals surface area contributed by atoms with E-state index in [1.54, 1.807) is 0 Å². The molecule has 0 amide bonds. The Morgan fingerprint density at radius 1 is 1.27 bits per heavy atom.